The summed E-state index contributed by atoms with van der Waals surface area (Å²) in [6, 6.07) is 0.250. The normalized spacial score (nSPS) is 12.9. The van der Waals surface area contributed by atoms with E-state index in [1.54, 1.807) is 0 Å². The van der Waals surface area contributed by atoms with Crippen LogP contribution in [-0.2, 0) is 0 Å². The van der Waals surface area contributed by atoms with Crippen LogP contribution in [-0.4, -0.2) is 20.1 Å². The summed E-state index contributed by atoms with van der Waals surface area (Å²) in [6.07, 6.45) is 0. The molecule has 0 aliphatic heterocycles. The van der Waals surface area contributed by atoms with E-state index in [4.69, 9.17) is 6.58 Å². The molecule has 0 aromatic rings. The lowest BCUT2D eigenvalue weighted by Crippen LogP contribution is -2.29. The van der Waals surface area contributed by atoms with Gasteiger partial charge in [-0.05, 0) is 20.6 Å². The fourth-order valence-electron chi connectivity index (χ4n) is 0.372. The average molecular weight is 113 g/mol. The average Bonchev–Trinajstić information content (AvgIpc) is 1.84. The van der Waals surface area contributed by atoms with Crippen molar-refractivity contribution in [2.45, 2.75) is 13.0 Å². The quantitative estimate of drug-likeness (QED) is 0.543. The Bertz CT molecular complexity index is 78.6. The fourth-order valence-corrected chi connectivity index (χ4v) is 0.372. The maximum Gasteiger partial charge on any atom is 0.0438 e. The molecule has 0 aromatic heterocycles. The topological polar surface area (TPSA) is 24.1 Å². The molecule has 2 heteroatoms. The van der Waals surface area contributed by atoms with Crippen molar-refractivity contribution in [1.29, 1.82) is 0 Å². The molecule has 0 saturated carbocycles. The van der Waals surface area contributed by atoms with E-state index in [9.17, 15) is 0 Å². The van der Waals surface area contributed by atoms with Gasteiger partial charge in [-0.15, -0.1) is 0 Å². The highest BCUT2D eigenvalue weighted by Gasteiger charge is 1.97. The van der Waals surface area contributed by atoms with Gasteiger partial charge in [-0.2, -0.15) is 0 Å². The summed E-state index contributed by atoms with van der Waals surface area (Å²) in [5.74, 6) is 0. The molecule has 0 aliphatic carbocycles. The summed E-state index contributed by atoms with van der Waals surface area (Å²) >= 11 is 0. The van der Waals surface area contributed by atoms with Crippen molar-refractivity contribution < 1.29 is 0 Å². The fraction of sp³-hybridized carbons (Fsp3) is 0.667. The van der Waals surface area contributed by atoms with Crippen LogP contribution < -0.4 is 10.6 Å². The molecule has 8 heavy (non-hydrogen) atoms. The Labute approximate surface area is 51.0 Å². The third-order valence-corrected chi connectivity index (χ3v) is 1.19. The van der Waals surface area contributed by atoms with Gasteiger partial charge in [0.1, 0.15) is 0 Å². The minimum Gasteiger partial charge on any atom is -0.390 e. The van der Waals surface area contributed by atoms with E-state index in [0.29, 0.717) is 0 Å². The molecule has 0 fully saturated rings. The van der Waals surface area contributed by atoms with Crippen LogP contribution in [0.5, 0.6) is 0 Å². The van der Waals surface area contributed by atoms with Crippen molar-refractivity contribution in [2.24, 2.45) is 0 Å². The van der Waals surface area contributed by atoms with Gasteiger partial charge in [0.2, 0.25) is 0 Å². The van der Waals surface area contributed by atoms with Gasteiger partial charge in [0.05, 0.1) is 0 Å². The molecule has 0 aromatic carbocycles. The Balaban J connectivity index is 3.46. The Morgan fingerprint density at radius 1 is 1.50 bits per heavy atom. The van der Waals surface area contributed by atoms with Gasteiger partial charge in [-0.1, -0.05) is 0 Å². The molecule has 0 bridgehead atoms. The zero-order valence-electron chi connectivity index (χ0n) is 5.65. The third-order valence-electron chi connectivity index (χ3n) is 1.19. The van der Waals surface area contributed by atoms with Crippen molar-refractivity contribution in [3.8, 4) is 0 Å². The number of likely N-dealkylation sites (N-methyl/N-ethyl adjacent to an activating group) is 2. The van der Waals surface area contributed by atoms with Gasteiger partial charge in [0, 0.05) is 18.8 Å². The van der Waals surface area contributed by atoms with E-state index in [2.05, 4.69) is 10.6 Å². The summed E-state index contributed by atoms with van der Waals surface area (Å²) in [7, 11) is 3.68. The van der Waals surface area contributed by atoms with Crippen LogP contribution in [0.25, 0.3) is 0 Å². The third kappa shape index (κ3) is 1.98. The molecule has 2 N–H and O–H groups in total. The molecule has 0 amide bonds. The number of hydrogen-bond donors (Lipinski definition) is 2. The zero-order valence-corrected chi connectivity index (χ0v) is 5.65. The van der Waals surface area contributed by atoms with Gasteiger partial charge >= 0.3 is 0 Å². The SMILES string of the molecule is [CH]=C(NC)C(C)NC. The van der Waals surface area contributed by atoms with Crippen LogP contribution in [0.2, 0.25) is 0 Å². The first-order valence-corrected chi connectivity index (χ1v) is 2.69. The first kappa shape index (κ1) is 7.50. The Morgan fingerprint density at radius 2 is 2.00 bits per heavy atom. The highest BCUT2D eigenvalue weighted by Crippen LogP contribution is 1.88. The minimum atomic E-state index is 0.250. The van der Waals surface area contributed by atoms with Crippen LogP contribution in [0.1, 0.15) is 6.92 Å². The monoisotopic (exact) mass is 113 g/mol. The first-order chi connectivity index (χ1) is 3.72. The molecular weight excluding hydrogens is 100 g/mol. The van der Waals surface area contributed by atoms with E-state index in [0.717, 1.165) is 5.70 Å². The molecule has 0 saturated heterocycles. The van der Waals surface area contributed by atoms with Gasteiger partial charge in [-0.3, -0.25) is 0 Å². The zero-order chi connectivity index (χ0) is 6.57. The Kier molecular flexibility index (Phi) is 3.28. The molecule has 0 heterocycles. The maximum absolute atomic E-state index is 5.47. The van der Waals surface area contributed by atoms with E-state index in [-0.39, 0.29) is 6.04 Å². The lowest BCUT2D eigenvalue weighted by atomic mass is 10.3. The molecule has 0 spiro atoms. The Morgan fingerprint density at radius 3 is 2.12 bits per heavy atom. The summed E-state index contributed by atoms with van der Waals surface area (Å²) in [4.78, 5) is 0. The van der Waals surface area contributed by atoms with Crippen LogP contribution in [0.4, 0.5) is 0 Å². The van der Waals surface area contributed by atoms with Crippen LogP contribution in [0, 0.1) is 6.58 Å². The van der Waals surface area contributed by atoms with E-state index in [1.165, 1.54) is 0 Å². The summed E-state index contributed by atoms with van der Waals surface area (Å²) in [5.41, 5.74) is 0.771. The van der Waals surface area contributed by atoms with Crippen LogP contribution in [0.3, 0.4) is 0 Å². The molecule has 0 rings (SSSR count). The number of hydrogen-bond acceptors (Lipinski definition) is 2. The van der Waals surface area contributed by atoms with Crippen LogP contribution in [0.15, 0.2) is 5.70 Å². The summed E-state index contributed by atoms with van der Waals surface area (Å²) < 4.78 is 0. The van der Waals surface area contributed by atoms with Crippen molar-refractivity contribution in [1.82, 2.24) is 10.6 Å². The van der Waals surface area contributed by atoms with Crippen molar-refractivity contribution in [3.05, 3.63) is 12.3 Å². The van der Waals surface area contributed by atoms with Crippen molar-refractivity contribution >= 4 is 0 Å². The predicted molar refractivity (Wildman–Crippen MR) is 35.4 cm³/mol. The standard InChI is InChI=1S/C6H13N2/c1-5(7-3)6(2)8-4/h1,6-8H,2-4H3. The second-order valence-corrected chi connectivity index (χ2v) is 1.72. The van der Waals surface area contributed by atoms with E-state index in [1.807, 2.05) is 21.0 Å². The molecule has 0 aliphatic rings. The second-order valence-electron chi connectivity index (χ2n) is 1.72. The molecular formula is C6H13N2. The van der Waals surface area contributed by atoms with Gasteiger partial charge < -0.3 is 10.6 Å². The van der Waals surface area contributed by atoms with Crippen molar-refractivity contribution in [3.63, 3.8) is 0 Å². The molecule has 47 valence electrons. The summed E-state index contributed by atoms with van der Waals surface area (Å²) in [5, 5.41) is 5.84. The molecule has 1 unspecified atom stereocenters. The van der Waals surface area contributed by atoms with Gasteiger partial charge in [0.25, 0.3) is 0 Å². The van der Waals surface area contributed by atoms with E-state index < -0.39 is 0 Å². The molecule has 1 atom stereocenters. The highest BCUT2D eigenvalue weighted by atomic mass is 14.9. The highest BCUT2D eigenvalue weighted by molar-refractivity contribution is 4.96. The van der Waals surface area contributed by atoms with Crippen LogP contribution >= 0.6 is 0 Å². The first-order valence-electron chi connectivity index (χ1n) is 2.69. The lowest BCUT2D eigenvalue weighted by Gasteiger charge is -2.11. The lowest BCUT2D eigenvalue weighted by molar-refractivity contribution is 0.652. The summed E-state index contributed by atoms with van der Waals surface area (Å²) in [6.45, 7) is 7.46. The largest absolute Gasteiger partial charge is 0.390 e. The second kappa shape index (κ2) is 3.50. The van der Waals surface area contributed by atoms with Crippen molar-refractivity contribution in [2.75, 3.05) is 14.1 Å². The van der Waals surface area contributed by atoms with Gasteiger partial charge in [-0.25, -0.2) is 0 Å². The number of nitrogens with one attached hydrogen (secondary N) is 2. The van der Waals surface area contributed by atoms with Gasteiger partial charge in [0.15, 0.2) is 0 Å². The predicted octanol–water partition coefficient (Wildman–Crippen LogP) is 0.131. The smallest absolute Gasteiger partial charge is 0.0438 e. The minimum absolute atomic E-state index is 0.250. The maximum atomic E-state index is 5.47. The molecule has 1 radical (unpaired) electrons. The van der Waals surface area contributed by atoms with E-state index >= 15 is 0 Å². The number of rotatable bonds is 3. The molecule has 2 nitrogen and oxygen atoms in total. The Hall–Kier alpha value is -0.500.